The summed E-state index contributed by atoms with van der Waals surface area (Å²) < 4.78 is 11.6. The highest BCUT2D eigenvalue weighted by atomic mass is 16.6. The van der Waals surface area contributed by atoms with Crippen LogP contribution in [0.5, 0.6) is 0 Å². The van der Waals surface area contributed by atoms with Crippen LogP contribution in [-0.2, 0) is 4.74 Å². The number of rotatable bonds is 4. The highest BCUT2D eigenvalue weighted by Crippen LogP contribution is 2.39. The molecule has 31 heavy (non-hydrogen) atoms. The number of hydrogen-bond donors (Lipinski definition) is 0. The molecule has 1 saturated heterocycles. The van der Waals surface area contributed by atoms with Crippen LogP contribution in [0.15, 0.2) is 51.7 Å². The second-order valence-electron chi connectivity index (χ2n) is 8.02. The van der Waals surface area contributed by atoms with E-state index in [0.29, 0.717) is 29.7 Å². The van der Waals surface area contributed by atoms with Crippen LogP contribution in [0, 0.1) is 17.0 Å². The Bertz CT molecular complexity index is 1260. The fourth-order valence-corrected chi connectivity index (χ4v) is 4.46. The zero-order chi connectivity index (χ0) is 21.7. The average molecular weight is 420 g/mol. The van der Waals surface area contributed by atoms with Crippen molar-refractivity contribution >= 4 is 22.6 Å². The molecule has 0 bridgehead atoms. The Hall–Kier alpha value is -3.52. The predicted molar refractivity (Wildman–Crippen MR) is 112 cm³/mol. The molecule has 0 aliphatic carbocycles. The van der Waals surface area contributed by atoms with Crippen molar-refractivity contribution in [3.05, 3.63) is 85.3 Å². The van der Waals surface area contributed by atoms with Crippen molar-refractivity contribution in [3.63, 3.8) is 0 Å². The largest absolute Gasteiger partial charge is 0.450 e. The zero-order valence-electron chi connectivity index (χ0n) is 16.9. The third-order valence-corrected chi connectivity index (χ3v) is 5.97. The molecule has 1 fully saturated rings. The second-order valence-corrected chi connectivity index (χ2v) is 8.02. The molecule has 2 aliphatic rings. The van der Waals surface area contributed by atoms with E-state index in [2.05, 4.69) is 0 Å². The SMILES string of the molecule is Cc1ccc2oc3c(c(=O)c2c1)[C@@H](c1ccc([N+](=O)[O-])cc1)N(C[C@@H]1CCCO1)C3=O. The maximum absolute atomic E-state index is 13.5. The van der Waals surface area contributed by atoms with E-state index in [9.17, 15) is 19.7 Å². The van der Waals surface area contributed by atoms with Gasteiger partial charge in [-0.05, 0) is 49.6 Å². The van der Waals surface area contributed by atoms with Crippen LogP contribution in [0.2, 0.25) is 0 Å². The minimum Gasteiger partial charge on any atom is -0.450 e. The summed E-state index contributed by atoms with van der Waals surface area (Å²) >= 11 is 0. The minimum atomic E-state index is -0.686. The lowest BCUT2D eigenvalue weighted by Crippen LogP contribution is -2.36. The first-order chi connectivity index (χ1) is 14.9. The van der Waals surface area contributed by atoms with Crippen LogP contribution < -0.4 is 5.43 Å². The summed E-state index contributed by atoms with van der Waals surface area (Å²) in [5.41, 5.74) is 1.85. The van der Waals surface area contributed by atoms with Gasteiger partial charge in [0, 0.05) is 25.3 Å². The average Bonchev–Trinajstić information content (AvgIpc) is 3.36. The summed E-state index contributed by atoms with van der Waals surface area (Å²) in [6, 6.07) is 10.5. The van der Waals surface area contributed by atoms with Crippen LogP contribution >= 0.6 is 0 Å². The van der Waals surface area contributed by atoms with Gasteiger partial charge in [-0.2, -0.15) is 0 Å². The number of aryl methyl sites for hydroxylation is 1. The predicted octanol–water partition coefficient (Wildman–Crippen LogP) is 3.73. The number of ether oxygens (including phenoxy) is 1. The quantitative estimate of drug-likeness (QED) is 0.471. The van der Waals surface area contributed by atoms with Gasteiger partial charge in [0.15, 0.2) is 5.43 Å². The van der Waals surface area contributed by atoms with Gasteiger partial charge < -0.3 is 14.1 Å². The van der Waals surface area contributed by atoms with Crippen LogP contribution in [0.3, 0.4) is 0 Å². The molecule has 8 nitrogen and oxygen atoms in total. The van der Waals surface area contributed by atoms with E-state index in [0.717, 1.165) is 18.4 Å². The number of benzene rings is 2. The van der Waals surface area contributed by atoms with Crippen LogP contribution in [0.4, 0.5) is 5.69 Å². The Balaban J connectivity index is 1.69. The fraction of sp³-hybridized carbons (Fsp3) is 0.304. The lowest BCUT2D eigenvalue weighted by Gasteiger charge is -2.27. The molecular weight excluding hydrogens is 400 g/mol. The van der Waals surface area contributed by atoms with Gasteiger partial charge in [-0.25, -0.2) is 0 Å². The number of carbonyl (C=O) groups is 1. The molecular formula is C23H20N2O6. The van der Waals surface area contributed by atoms with Gasteiger partial charge in [0.25, 0.3) is 11.6 Å². The van der Waals surface area contributed by atoms with E-state index in [1.54, 1.807) is 29.2 Å². The Kier molecular flexibility index (Phi) is 4.59. The molecule has 1 amide bonds. The monoisotopic (exact) mass is 420 g/mol. The van der Waals surface area contributed by atoms with Gasteiger partial charge in [0.1, 0.15) is 5.58 Å². The van der Waals surface area contributed by atoms with E-state index < -0.39 is 11.0 Å². The summed E-state index contributed by atoms with van der Waals surface area (Å²) in [6.45, 7) is 2.84. The van der Waals surface area contributed by atoms with Crippen molar-refractivity contribution in [2.45, 2.75) is 31.9 Å². The van der Waals surface area contributed by atoms with Gasteiger partial charge >= 0.3 is 0 Å². The smallest absolute Gasteiger partial charge is 0.291 e. The molecule has 158 valence electrons. The van der Waals surface area contributed by atoms with Gasteiger partial charge in [-0.15, -0.1) is 0 Å². The van der Waals surface area contributed by atoms with Crippen LogP contribution in [0.1, 0.15) is 46.1 Å². The van der Waals surface area contributed by atoms with Crippen molar-refractivity contribution in [1.29, 1.82) is 0 Å². The van der Waals surface area contributed by atoms with Gasteiger partial charge in [-0.1, -0.05) is 11.6 Å². The van der Waals surface area contributed by atoms with E-state index in [4.69, 9.17) is 9.15 Å². The van der Waals surface area contributed by atoms with E-state index >= 15 is 0 Å². The van der Waals surface area contributed by atoms with Gasteiger partial charge in [-0.3, -0.25) is 19.7 Å². The van der Waals surface area contributed by atoms with E-state index in [1.807, 2.05) is 13.0 Å². The number of non-ortho nitro benzene ring substituents is 1. The fourth-order valence-electron chi connectivity index (χ4n) is 4.46. The standard InChI is InChI=1S/C23H20N2O6/c1-13-4-9-18-17(11-13)21(26)19-20(14-5-7-15(8-6-14)25(28)29)24(23(27)22(19)31-18)12-16-3-2-10-30-16/h4-9,11,16,20H,2-3,10,12H2,1H3/t16-,20+/m0/s1. The third kappa shape index (κ3) is 3.19. The number of nitro groups is 1. The van der Waals surface area contributed by atoms with Crippen molar-refractivity contribution in [1.82, 2.24) is 4.90 Å². The number of hydrogen-bond acceptors (Lipinski definition) is 6. The molecule has 2 aromatic carbocycles. The summed E-state index contributed by atoms with van der Waals surface area (Å²) in [4.78, 5) is 39.0. The highest BCUT2D eigenvalue weighted by Gasteiger charge is 2.44. The molecule has 0 spiro atoms. The molecule has 2 atom stereocenters. The number of nitrogens with zero attached hydrogens (tertiary/aromatic N) is 2. The summed E-state index contributed by atoms with van der Waals surface area (Å²) in [6.07, 6.45) is 1.63. The number of fused-ring (bicyclic) bond motifs is 2. The Labute approximate surface area is 177 Å². The Morgan fingerprint density at radius 1 is 1.16 bits per heavy atom. The minimum absolute atomic E-state index is 0.0303. The van der Waals surface area contributed by atoms with Gasteiger partial charge in [0.2, 0.25) is 5.76 Å². The third-order valence-electron chi connectivity index (χ3n) is 5.97. The topological polar surface area (TPSA) is 103 Å². The van der Waals surface area contributed by atoms with Crippen LogP contribution in [-0.4, -0.2) is 35.0 Å². The van der Waals surface area contributed by atoms with Crippen molar-refractivity contribution in [2.24, 2.45) is 0 Å². The molecule has 1 aromatic heterocycles. The Morgan fingerprint density at radius 2 is 1.94 bits per heavy atom. The maximum atomic E-state index is 13.5. The molecule has 8 heteroatoms. The second kappa shape index (κ2) is 7.31. The number of carbonyl (C=O) groups excluding carboxylic acids is 1. The zero-order valence-corrected chi connectivity index (χ0v) is 16.9. The first-order valence-corrected chi connectivity index (χ1v) is 10.2. The lowest BCUT2D eigenvalue weighted by molar-refractivity contribution is -0.384. The van der Waals surface area contributed by atoms with Crippen LogP contribution in [0.25, 0.3) is 11.0 Å². The van der Waals surface area contributed by atoms with Gasteiger partial charge in [0.05, 0.1) is 28.0 Å². The van der Waals surface area contributed by atoms with Crippen molar-refractivity contribution in [2.75, 3.05) is 13.2 Å². The number of nitro benzene ring substituents is 1. The molecule has 5 rings (SSSR count). The van der Waals surface area contributed by atoms with Crippen molar-refractivity contribution < 1.29 is 18.9 Å². The highest BCUT2D eigenvalue weighted by molar-refractivity contribution is 5.99. The summed E-state index contributed by atoms with van der Waals surface area (Å²) in [7, 11) is 0. The summed E-state index contributed by atoms with van der Waals surface area (Å²) in [5.74, 6) is -0.337. The molecule has 3 heterocycles. The maximum Gasteiger partial charge on any atom is 0.291 e. The number of amides is 1. The normalized spacial score (nSPS) is 20.4. The molecule has 0 unspecified atom stereocenters. The summed E-state index contributed by atoms with van der Waals surface area (Å²) in [5, 5.41) is 11.5. The first kappa shape index (κ1) is 19.4. The molecule has 0 saturated carbocycles. The van der Waals surface area contributed by atoms with E-state index in [-0.39, 0.29) is 34.5 Å². The lowest BCUT2D eigenvalue weighted by atomic mass is 9.97. The molecule has 0 radical (unpaired) electrons. The first-order valence-electron chi connectivity index (χ1n) is 10.2. The van der Waals surface area contributed by atoms with Crippen molar-refractivity contribution in [3.8, 4) is 0 Å². The molecule has 3 aromatic rings. The molecule has 2 aliphatic heterocycles. The Morgan fingerprint density at radius 3 is 2.61 bits per heavy atom. The molecule has 0 N–H and O–H groups in total. The van der Waals surface area contributed by atoms with E-state index in [1.165, 1.54) is 12.1 Å².